The molecule has 0 aliphatic heterocycles. The first kappa shape index (κ1) is 8.97. The van der Waals surface area contributed by atoms with Crippen LogP contribution in [-0.4, -0.2) is 5.11 Å². The molecule has 1 nitrogen and oxygen atoms in total. The Hall–Kier alpha value is -0.600. The standard InChI is InChI=1S/C10H10ClFO/c11-10-8(5-13)7-3-1-2-6(7)4-9(10)12/h4,13H,1-3,5H2. The zero-order valence-electron chi connectivity index (χ0n) is 7.11. The van der Waals surface area contributed by atoms with E-state index < -0.39 is 5.82 Å². The summed E-state index contributed by atoms with van der Waals surface area (Å²) in [4.78, 5) is 0. The van der Waals surface area contributed by atoms with E-state index in [-0.39, 0.29) is 11.6 Å². The highest BCUT2D eigenvalue weighted by Crippen LogP contribution is 2.32. The second-order valence-corrected chi connectivity index (χ2v) is 3.68. The Kier molecular flexibility index (Phi) is 2.26. The van der Waals surface area contributed by atoms with Crippen LogP contribution in [0.25, 0.3) is 0 Å². The van der Waals surface area contributed by atoms with E-state index in [2.05, 4.69) is 0 Å². The minimum atomic E-state index is -0.411. The number of rotatable bonds is 1. The SMILES string of the molecule is OCc1c(Cl)c(F)cc2c1CCC2. The number of fused-ring (bicyclic) bond motifs is 1. The Balaban J connectivity index is 2.64. The van der Waals surface area contributed by atoms with Crippen LogP contribution in [0.5, 0.6) is 0 Å². The topological polar surface area (TPSA) is 20.2 Å². The van der Waals surface area contributed by atoms with E-state index in [1.807, 2.05) is 0 Å². The molecule has 0 bridgehead atoms. The van der Waals surface area contributed by atoms with Gasteiger partial charge in [-0.25, -0.2) is 4.39 Å². The van der Waals surface area contributed by atoms with E-state index in [0.29, 0.717) is 5.56 Å². The lowest BCUT2D eigenvalue weighted by Gasteiger charge is -2.08. The third-order valence-corrected chi connectivity index (χ3v) is 2.97. The van der Waals surface area contributed by atoms with Gasteiger partial charge in [-0.15, -0.1) is 0 Å². The van der Waals surface area contributed by atoms with Gasteiger partial charge in [-0.1, -0.05) is 11.6 Å². The van der Waals surface area contributed by atoms with Crippen molar-refractivity contribution < 1.29 is 9.50 Å². The van der Waals surface area contributed by atoms with Crippen molar-refractivity contribution in [3.63, 3.8) is 0 Å². The van der Waals surface area contributed by atoms with Crippen molar-refractivity contribution >= 4 is 11.6 Å². The summed E-state index contributed by atoms with van der Waals surface area (Å²) in [5.41, 5.74) is 2.63. The van der Waals surface area contributed by atoms with Crippen LogP contribution in [0.4, 0.5) is 4.39 Å². The molecular formula is C10H10ClFO. The van der Waals surface area contributed by atoms with Crippen molar-refractivity contribution in [3.8, 4) is 0 Å². The molecule has 0 spiro atoms. The van der Waals surface area contributed by atoms with Crippen LogP contribution in [0.2, 0.25) is 5.02 Å². The molecule has 70 valence electrons. The first-order chi connectivity index (χ1) is 6.24. The summed E-state index contributed by atoms with van der Waals surface area (Å²) in [5.74, 6) is -0.411. The average molecular weight is 201 g/mol. The van der Waals surface area contributed by atoms with Crippen molar-refractivity contribution in [2.24, 2.45) is 0 Å². The number of hydrogen-bond acceptors (Lipinski definition) is 1. The van der Waals surface area contributed by atoms with Gasteiger partial charge in [-0.3, -0.25) is 0 Å². The van der Waals surface area contributed by atoms with E-state index in [1.165, 1.54) is 6.07 Å². The van der Waals surface area contributed by atoms with Gasteiger partial charge in [0.2, 0.25) is 0 Å². The van der Waals surface area contributed by atoms with Crippen molar-refractivity contribution in [3.05, 3.63) is 33.6 Å². The molecule has 0 heterocycles. The molecule has 3 heteroatoms. The van der Waals surface area contributed by atoms with Gasteiger partial charge in [0.05, 0.1) is 11.6 Å². The molecule has 0 fully saturated rings. The number of hydrogen-bond donors (Lipinski definition) is 1. The van der Waals surface area contributed by atoms with Crippen LogP contribution < -0.4 is 0 Å². The maximum Gasteiger partial charge on any atom is 0.142 e. The summed E-state index contributed by atoms with van der Waals surface area (Å²) < 4.78 is 13.2. The Labute approximate surface area is 81.1 Å². The summed E-state index contributed by atoms with van der Waals surface area (Å²) in [6.45, 7) is -0.168. The maximum atomic E-state index is 13.2. The molecule has 0 unspecified atom stereocenters. The molecule has 13 heavy (non-hydrogen) atoms. The van der Waals surface area contributed by atoms with Gasteiger partial charge in [0.25, 0.3) is 0 Å². The molecule has 1 aromatic rings. The smallest absolute Gasteiger partial charge is 0.142 e. The summed E-state index contributed by atoms with van der Waals surface area (Å²) in [7, 11) is 0. The second kappa shape index (κ2) is 3.28. The average Bonchev–Trinajstić information content (AvgIpc) is 2.54. The first-order valence-electron chi connectivity index (χ1n) is 4.33. The Bertz CT molecular complexity index is 349. The lowest BCUT2D eigenvalue weighted by molar-refractivity contribution is 0.280. The zero-order chi connectivity index (χ0) is 9.42. The second-order valence-electron chi connectivity index (χ2n) is 3.30. The summed E-state index contributed by atoms with van der Waals surface area (Å²) in [5, 5.41) is 9.14. The van der Waals surface area contributed by atoms with Gasteiger partial charge in [0.1, 0.15) is 5.82 Å². The van der Waals surface area contributed by atoms with Crippen LogP contribution in [0.3, 0.4) is 0 Å². The first-order valence-corrected chi connectivity index (χ1v) is 4.71. The third-order valence-electron chi connectivity index (χ3n) is 2.56. The highest BCUT2D eigenvalue weighted by Gasteiger charge is 2.19. The minimum Gasteiger partial charge on any atom is -0.392 e. The summed E-state index contributed by atoms with van der Waals surface area (Å²) >= 11 is 5.74. The minimum absolute atomic E-state index is 0.0863. The fraction of sp³-hybridized carbons (Fsp3) is 0.400. The van der Waals surface area contributed by atoms with Gasteiger partial charge in [-0.05, 0) is 36.5 Å². The van der Waals surface area contributed by atoms with E-state index in [0.717, 1.165) is 30.4 Å². The van der Waals surface area contributed by atoms with Crippen molar-refractivity contribution in [2.45, 2.75) is 25.9 Å². The van der Waals surface area contributed by atoms with Crippen LogP contribution in [-0.2, 0) is 19.4 Å². The molecule has 1 aliphatic carbocycles. The van der Waals surface area contributed by atoms with Crippen molar-refractivity contribution in [1.82, 2.24) is 0 Å². The Morgan fingerprint density at radius 3 is 2.92 bits per heavy atom. The van der Waals surface area contributed by atoms with Crippen LogP contribution >= 0.6 is 11.6 Å². The molecule has 0 saturated heterocycles. The van der Waals surface area contributed by atoms with Gasteiger partial charge in [0, 0.05) is 5.56 Å². The maximum absolute atomic E-state index is 13.2. The zero-order valence-corrected chi connectivity index (χ0v) is 7.86. The van der Waals surface area contributed by atoms with Crippen LogP contribution in [0.15, 0.2) is 6.07 Å². The molecular weight excluding hydrogens is 191 g/mol. The van der Waals surface area contributed by atoms with Gasteiger partial charge >= 0.3 is 0 Å². The van der Waals surface area contributed by atoms with Crippen molar-refractivity contribution in [2.75, 3.05) is 0 Å². The molecule has 1 aromatic carbocycles. The third kappa shape index (κ3) is 1.34. The summed E-state index contributed by atoms with van der Waals surface area (Å²) in [6, 6.07) is 1.49. The Morgan fingerprint density at radius 2 is 2.23 bits per heavy atom. The lowest BCUT2D eigenvalue weighted by atomic mass is 10.0. The van der Waals surface area contributed by atoms with E-state index in [4.69, 9.17) is 16.7 Å². The normalized spacial score (nSPS) is 14.7. The van der Waals surface area contributed by atoms with E-state index >= 15 is 0 Å². The monoisotopic (exact) mass is 200 g/mol. The molecule has 1 N–H and O–H groups in total. The quantitative estimate of drug-likeness (QED) is 0.739. The summed E-state index contributed by atoms with van der Waals surface area (Å²) in [6.07, 6.45) is 2.84. The van der Waals surface area contributed by atoms with Crippen molar-refractivity contribution in [1.29, 1.82) is 0 Å². The number of aryl methyl sites for hydroxylation is 1. The number of aliphatic hydroxyl groups is 1. The predicted molar refractivity (Wildman–Crippen MR) is 49.4 cm³/mol. The molecule has 0 amide bonds. The van der Waals surface area contributed by atoms with Crippen LogP contribution in [0, 0.1) is 5.82 Å². The highest BCUT2D eigenvalue weighted by molar-refractivity contribution is 6.31. The largest absolute Gasteiger partial charge is 0.392 e. The van der Waals surface area contributed by atoms with E-state index in [1.54, 1.807) is 0 Å². The van der Waals surface area contributed by atoms with Crippen LogP contribution in [0.1, 0.15) is 23.1 Å². The lowest BCUT2D eigenvalue weighted by Crippen LogP contribution is -1.97. The van der Waals surface area contributed by atoms with E-state index in [9.17, 15) is 4.39 Å². The molecule has 1 aliphatic rings. The number of aliphatic hydroxyl groups excluding tert-OH is 1. The fourth-order valence-electron chi connectivity index (χ4n) is 1.93. The van der Waals surface area contributed by atoms with Gasteiger partial charge < -0.3 is 5.11 Å². The molecule has 0 atom stereocenters. The predicted octanol–water partition coefficient (Wildman–Crippen LogP) is 2.46. The number of benzene rings is 1. The molecule has 0 saturated carbocycles. The number of halogens is 2. The Morgan fingerprint density at radius 1 is 1.46 bits per heavy atom. The molecule has 0 radical (unpaired) electrons. The highest BCUT2D eigenvalue weighted by atomic mass is 35.5. The molecule has 2 rings (SSSR count). The van der Waals surface area contributed by atoms with Gasteiger partial charge in [0.15, 0.2) is 0 Å². The molecule has 0 aromatic heterocycles. The van der Waals surface area contributed by atoms with Gasteiger partial charge in [-0.2, -0.15) is 0 Å². The fourth-order valence-corrected chi connectivity index (χ4v) is 2.16.